The van der Waals surface area contributed by atoms with Crippen LogP contribution in [0.1, 0.15) is 50.5 Å². The van der Waals surface area contributed by atoms with Gasteiger partial charge in [-0.05, 0) is 63.2 Å². The van der Waals surface area contributed by atoms with Crippen molar-refractivity contribution < 1.29 is 14.4 Å². The number of hydrogen-bond acceptors (Lipinski definition) is 4. The molecule has 0 saturated carbocycles. The van der Waals surface area contributed by atoms with Gasteiger partial charge in [-0.15, -0.1) is 0 Å². The van der Waals surface area contributed by atoms with Gasteiger partial charge in [0.1, 0.15) is 5.82 Å². The van der Waals surface area contributed by atoms with Crippen molar-refractivity contribution >= 4 is 11.9 Å². The van der Waals surface area contributed by atoms with Crippen molar-refractivity contribution in [1.82, 2.24) is 9.88 Å². The van der Waals surface area contributed by atoms with Crippen LogP contribution in [0.3, 0.4) is 0 Å². The molecule has 6 heteroatoms. The number of aromatic nitrogens is 1. The summed E-state index contributed by atoms with van der Waals surface area (Å²) in [5.41, 5.74) is 1.34. The van der Waals surface area contributed by atoms with E-state index in [2.05, 4.69) is 21.3 Å². The third-order valence-corrected chi connectivity index (χ3v) is 6.59. The molecule has 1 aromatic heterocycles. The molecule has 2 unspecified atom stereocenters. The summed E-state index contributed by atoms with van der Waals surface area (Å²) in [7, 11) is 1.94. The lowest BCUT2D eigenvalue weighted by Gasteiger charge is -2.37. The first-order valence-corrected chi connectivity index (χ1v) is 10.1. The van der Waals surface area contributed by atoms with E-state index >= 15 is 0 Å². The van der Waals surface area contributed by atoms with Crippen LogP contribution in [-0.2, 0) is 0 Å². The Kier molecular flexibility index (Phi) is 6.14. The summed E-state index contributed by atoms with van der Waals surface area (Å²) in [6, 6.07) is 4.77. The predicted molar refractivity (Wildman–Crippen MR) is 104 cm³/mol. The number of quaternary nitrogens is 1. The number of rotatable bonds is 4. The van der Waals surface area contributed by atoms with E-state index in [1.807, 2.05) is 26.2 Å². The van der Waals surface area contributed by atoms with Gasteiger partial charge in [0.2, 0.25) is 0 Å². The molecule has 3 heterocycles. The maximum absolute atomic E-state index is 11.8. The number of hydrogen-bond donors (Lipinski definition) is 2. The highest BCUT2D eigenvalue weighted by molar-refractivity contribution is 5.56. The molecule has 1 amide bonds. The first-order chi connectivity index (χ1) is 12.6. The molecule has 1 aromatic rings. The lowest BCUT2D eigenvalue weighted by molar-refractivity contribution is -0.855. The summed E-state index contributed by atoms with van der Waals surface area (Å²) in [5.74, 6) is 1.57. The van der Waals surface area contributed by atoms with Crippen LogP contribution in [0.4, 0.5) is 10.6 Å². The van der Waals surface area contributed by atoms with E-state index in [0.717, 1.165) is 64.1 Å². The molecule has 0 aromatic carbocycles. The normalized spacial score (nSPS) is 28.5. The maximum Gasteiger partial charge on any atom is 0.513 e. The highest BCUT2D eigenvalue weighted by atomic mass is 16.4. The van der Waals surface area contributed by atoms with Crippen molar-refractivity contribution in [2.45, 2.75) is 51.0 Å². The van der Waals surface area contributed by atoms with Gasteiger partial charge in [0, 0.05) is 25.7 Å². The average Bonchev–Trinajstić information content (AvgIpc) is 2.92. The largest absolute Gasteiger partial charge is 0.513 e. The number of piperidine rings is 1. The van der Waals surface area contributed by atoms with Gasteiger partial charge in [-0.1, -0.05) is 6.07 Å². The number of anilines is 1. The van der Waals surface area contributed by atoms with E-state index in [0.29, 0.717) is 18.5 Å². The van der Waals surface area contributed by atoms with E-state index < -0.39 is 6.09 Å². The van der Waals surface area contributed by atoms with Crippen LogP contribution >= 0.6 is 0 Å². The molecule has 2 N–H and O–H groups in total. The zero-order chi connectivity index (χ0) is 18.6. The van der Waals surface area contributed by atoms with Gasteiger partial charge in [0.05, 0.1) is 19.6 Å². The lowest BCUT2D eigenvalue weighted by Crippen LogP contribution is -2.53. The fourth-order valence-corrected chi connectivity index (χ4v) is 4.82. The topological polar surface area (TPSA) is 65.5 Å². The molecule has 2 fully saturated rings. The van der Waals surface area contributed by atoms with Crippen molar-refractivity contribution in [3.05, 3.63) is 23.9 Å². The van der Waals surface area contributed by atoms with Crippen molar-refractivity contribution in [3.8, 4) is 0 Å². The summed E-state index contributed by atoms with van der Waals surface area (Å²) in [5, 5.41) is 12.9. The summed E-state index contributed by atoms with van der Waals surface area (Å²) in [4.78, 5) is 18.8. The molecule has 26 heavy (non-hydrogen) atoms. The minimum absolute atomic E-state index is 0.244. The number of likely N-dealkylation sites (tertiary alicyclic amines) is 2. The van der Waals surface area contributed by atoms with Gasteiger partial charge >= 0.3 is 6.09 Å². The van der Waals surface area contributed by atoms with E-state index in [4.69, 9.17) is 0 Å². The Hall–Kier alpha value is -1.66. The minimum atomic E-state index is -0.650. The monoisotopic (exact) mass is 361 g/mol. The SMILES string of the molecule is CC[N+]1(C(=O)O)CCCC(N2CCC(c3cccnc3NC)CC2)CC1. The number of carboxylic acid groups (broad SMARTS) is 1. The van der Waals surface area contributed by atoms with Crippen LogP contribution in [-0.4, -0.2) is 71.4 Å². The quantitative estimate of drug-likeness (QED) is 0.805. The van der Waals surface area contributed by atoms with E-state index in [-0.39, 0.29) is 4.48 Å². The molecular formula is C20H33N4O2+. The molecule has 2 aliphatic rings. The second kappa shape index (κ2) is 8.35. The standard InChI is InChI=1S/C20H32N4O2/c1-3-24(20(25)26)14-5-6-17(10-15-24)23-12-8-16(9-13-23)18-7-4-11-22-19(18)21-2/h4,7,11,16-17H,3,5-6,8-10,12-15H2,1-2H3,(H-,21,22,25,26)/p+1. The highest BCUT2D eigenvalue weighted by Gasteiger charge is 2.39. The van der Waals surface area contributed by atoms with Crippen LogP contribution in [0.5, 0.6) is 0 Å². The summed E-state index contributed by atoms with van der Waals surface area (Å²) in [6.45, 7) is 6.45. The summed E-state index contributed by atoms with van der Waals surface area (Å²) >= 11 is 0. The van der Waals surface area contributed by atoms with E-state index in [9.17, 15) is 9.90 Å². The Balaban J connectivity index is 1.59. The van der Waals surface area contributed by atoms with Gasteiger partial charge in [-0.2, -0.15) is 4.79 Å². The first kappa shape index (κ1) is 19.1. The number of amides is 1. The second-order valence-corrected chi connectivity index (χ2v) is 7.78. The predicted octanol–water partition coefficient (Wildman–Crippen LogP) is 3.37. The Morgan fingerprint density at radius 2 is 2.08 bits per heavy atom. The molecular weight excluding hydrogens is 328 g/mol. The molecule has 0 bridgehead atoms. The molecule has 2 aliphatic heterocycles. The van der Waals surface area contributed by atoms with E-state index in [1.54, 1.807) is 0 Å². The van der Waals surface area contributed by atoms with Crippen LogP contribution in [0.2, 0.25) is 0 Å². The first-order valence-electron chi connectivity index (χ1n) is 10.1. The highest BCUT2D eigenvalue weighted by Crippen LogP contribution is 2.34. The van der Waals surface area contributed by atoms with Crippen molar-refractivity contribution in [1.29, 1.82) is 0 Å². The van der Waals surface area contributed by atoms with Crippen molar-refractivity contribution in [3.63, 3.8) is 0 Å². The van der Waals surface area contributed by atoms with Gasteiger partial charge in [0.25, 0.3) is 0 Å². The van der Waals surface area contributed by atoms with Gasteiger partial charge < -0.3 is 15.3 Å². The Bertz CT molecular complexity index is 616. The Labute approximate surface area is 156 Å². The van der Waals surface area contributed by atoms with Crippen LogP contribution in [0, 0.1) is 0 Å². The number of carbonyl (C=O) groups is 1. The van der Waals surface area contributed by atoms with Crippen molar-refractivity contribution in [2.75, 3.05) is 45.1 Å². The van der Waals surface area contributed by atoms with Crippen LogP contribution in [0.25, 0.3) is 0 Å². The van der Waals surface area contributed by atoms with Crippen molar-refractivity contribution in [2.24, 2.45) is 0 Å². The fraction of sp³-hybridized carbons (Fsp3) is 0.700. The van der Waals surface area contributed by atoms with Gasteiger partial charge in [-0.25, -0.2) is 9.47 Å². The number of nitrogens with one attached hydrogen (secondary N) is 1. The third kappa shape index (κ3) is 3.86. The summed E-state index contributed by atoms with van der Waals surface area (Å²) < 4.78 is 0.244. The molecule has 0 aliphatic carbocycles. The van der Waals surface area contributed by atoms with E-state index in [1.165, 1.54) is 5.56 Å². The number of nitrogens with zero attached hydrogens (tertiary/aromatic N) is 3. The molecule has 3 rings (SSSR count). The molecule has 2 saturated heterocycles. The van der Waals surface area contributed by atoms with Crippen LogP contribution < -0.4 is 5.32 Å². The molecule has 6 nitrogen and oxygen atoms in total. The fourth-order valence-electron chi connectivity index (χ4n) is 4.82. The Morgan fingerprint density at radius 3 is 2.73 bits per heavy atom. The molecule has 0 radical (unpaired) electrons. The zero-order valence-corrected chi connectivity index (χ0v) is 16.2. The van der Waals surface area contributed by atoms with Gasteiger partial charge in [-0.3, -0.25) is 0 Å². The molecule has 0 spiro atoms. The third-order valence-electron chi connectivity index (χ3n) is 6.59. The van der Waals surface area contributed by atoms with Crippen LogP contribution in [0.15, 0.2) is 18.3 Å². The maximum atomic E-state index is 11.8. The zero-order valence-electron chi connectivity index (χ0n) is 16.2. The van der Waals surface area contributed by atoms with Gasteiger partial charge in [0.15, 0.2) is 0 Å². The second-order valence-electron chi connectivity index (χ2n) is 7.78. The summed E-state index contributed by atoms with van der Waals surface area (Å²) in [6.07, 6.45) is 6.65. The molecule has 2 atom stereocenters. The average molecular weight is 362 g/mol. The lowest BCUT2D eigenvalue weighted by atomic mass is 9.88. The number of pyridine rings is 1. The molecule has 144 valence electrons. The minimum Gasteiger partial charge on any atom is -0.435 e. The Morgan fingerprint density at radius 1 is 1.31 bits per heavy atom. The smallest absolute Gasteiger partial charge is 0.435 e.